The number of furan rings is 1. The molecule has 12 nitrogen and oxygen atoms in total. The highest BCUT2D eigenvalue weighted by Crippen LogP contribution is 2.30. The zero-order valence-electron chi connectivity index (χ0n) is 23.6. The summed E-state index contributed by atoms with van der Waals surface area (Å²) in [6.07, 6.45) is 2.26. The average molecular weight is 562 g/mol. The number of carbonyl (C=O) groups excluding carboxylic acids is 4. The summed E-state index contributed by atoms with van der Waals surface area (Å²) in [4.78, 5) is 55.8. The predicted octanol–water partition coefficient (Wildman–Crippen LogP) is 1.44. The molecule has 2 aromatic heterocycles. The van der Waals surface area contributed by atoms with Crippen molar-refractivity contribution >= 4 is 23.6 Å². The van der Waals surface area contributed by atoms with E-state index in [1.54, 1.807) is 30.8 Å². The Labute approximate surface area is 237 Å². The molecule has 0 aliphatic carbocycles. The lowest BCUT2D eigenvalue weighted by Crippen LogP contribution is -2.58. The van der Waals surface area contributed by atoms with E-state index in [4.69, 9.17) is 4.42 Å². The lowest BCUT2D eigenvalue weighted by molar-refractivity contribution is -0.134. The molecule has 0 spiro atoms. The van der Waals surface area contributed by atoms with Gasteiger partial charge in [-0.05, 0) is 31.4 Å². The Morgan fingerprint density at radius 1 is 1.07 bits per heavy atom. The number of amides is 4. The highest BCUT2D eigenvalue weighted by atomic mass is 16.3. The van der Waals surface area contributed by atoms with Crippen molar-refractivity contribution in [2.75, 3.05) is 6.54 Å². The largest absolute Gasteiger partial charge is 0.466 e. The van der Waals surface area contributed by atoms with Gasteiger partial charge in [-0.2, -0.15) is 0 Å². The molecule has 2 aliphatic rings. The van der Waals surface area contributed by atoms with Gasteiger partial charge in [0.1, 0.15) is 35.3 Å². The van der Waals surface area contributed by atoms with Gasteiger partial charge in [0.15, 0.2) is 0 Å². The molecule has 12 heteroatoms. The topological polar surface area (TPSA) is 151 Å². The van der Waals surface area contributed by atoms with Crippen molar-refractivity contribution in [2.24, 2.45) is 5.92 Å². The van der Waals surface area contributed by atoms with Crippen LogP contribution >= 0.6 is 0 Å². The third kappa shape index (κ3) is 6.01. The number of hydrogen-bond donors (Lipinski definition) is 3. The zero-order chi connectivity index (χ0) is 29.3. The second-order valence-corrected chi connectivity index (χ2v) is 11.1. The first-order chi connectivity index (χ1) is 19.6. The van der Waals surface area contributed by atoms with Gasteiger partial charge in [0.2, 0.25) is 17.7 Å². The molecule has 4 amide bonds. The Balaban J connectivity index is 1.48. The second-order valence-electron chi connectivity index (χ2n) is 11.1. The fourth-order valence-corrected chi connectivity index (χ4v) is 5.46. The normalized spacial score (nSPS) is 23.4. The zero-order valence-corrected chi connectivity index (χ0v) is 23.6. The summed E-state index contributed by atoms with van der Waals surface area (Å²) in [6.45, 7) is 7.44. The molecule has 5 rings (SSSR count). The van der Waals surface area contributed by atoms with Gasteiger partial charge in [-0.1, -0.05) is 49.4 Å². The van der Waals surface area contributed by atoms with Crippen LogP contribution in [0.4, 0.5) is 0 Å². The smallest absolute Gasteiger partial charge is 0.258 e. The number of benzene rings is 1. The quantitative estimate of drug-likeness (QED) is 0.436. The van der Waals surface area contributed by atoms with Gasteiger partial charge in [0.25, 0.3) is 5.91 Å². The predicted molar refractivity (Wildman–Crippen MR) is 147 cm³/mol. The number of hydrogen-bond acceptors (Lipinski definition) is 7. The number of carbonyl (C=O) groups is 4. The molecular weight excluding hydrogens is 526 g/mol. The molecule has 0 unspecified atom stereocenters. The molecule has 4 bridgehead atoms. The Bertz CT molecular complexity index is 1450. The van der Waals surface area contributed by atoms with Gasteiger partial charge in [0.05, 0.1) is 24.3 Å². The van der Waals surface area contributed by atoms with E-state index in [0.29, 0.717) is 22.8 Å². The summed E-state index contributed by atoms with van der Waals surface area (Å²) in [6, 6.07) is 8.05. The van der Waals surface area contributed by atoms with Gasteiger partial charge in [-0.15, -0.1) is 5.10 Å². The third-order valence-corrected chi connectivity index (χ3v) is 7.65. The van der Waals surface area contributed by atoms with Gasteiger partial charge in [-0.25, -0.2) is 4.68 Å². The maximum Gasteiger partial charge on any atom is 0.258 e. The van der Waals surface area contributed by atoms with Crippen LogP contribution in [0.5, 0.6) is 0 Å². The van der Waals surface area contributed by atoms with Crippen molar-refractivity contribution in [1.82, 2.24) is 35.8 Å². The van der Waals surface area contributed by atoms with E-state index in [1.807, 2.05) is 44.2 Å². The summed E-state index contributed by atoms with van der Waals surface area (Å²) in [5, 5.41) is 17.0. The lowest BCUT2D eigenvalue weighted by Gasteiger charge is -2.28. The van der Waals surface area contributed by atoms with Crippen molar-refractivity contribution in [3.8, 4) is 0 Å². The van der Waals surface area contributed by atoms with Crippen LogP contribution < -0.4 is 16.0 Å². The molecule has 1 fully saturated rings. The van der Waals surface area contributed by atoms with Crippen LogP contribution in [0, 0.1) is 19.8 Å². The molecule has 2 aliphatic heterocycles. The van der Waals surface area contributed by atoms with Gasteiger partial charge in [-0.3, -0.25) is 19.2 Å². The number of likely N-dealkylation sites (tertiary alicyclic amines) is 1. The first kappa shape index (κ1) is 28.1. The molecule has 1 saturated heterocycles. The van der Waals surface area contributed by atoms with Crippen LogP contribution in [0.1, 0.15) is 59.4 Å². The lowest BCUT2D eigenvalue weighted by atomic mass is 10.00. The Kier molecular flexibility index (Phi) is 7.91. The van der Waals surface area contributed by atoms with Crippen LogP contribution in [0.3, 0.4) is 0 Å². The van der Waals surface area contributed by atoms with Crippen LogP contribution in [-0.4, -0.2) is 68.2 Å². The summed E-state index contributed by atoms with van der Waals surface area (Å²) in [5.41, 5.74) is 1.78. The molecule has 0 saturated carbocycles. The minimum Gasteiger partial charge on any atom is -0.466 e. The minimum absolute atomic E-state index is 0.108. The number of aromatic nitrogens is 3. The third-order valence-electron chi connectivity index (χ3n) is 7.65. The van der Waals surface area contributed by atoms with Crippen molar-refractivity contribution < 1.29 is 23.6 Å². The molecule has 3 aromatic rings. The number of rotatable bonds is 4. The van der Waals surface area contributed by atoms with Crippen LogP contribution in [0.15, 0.2) is 47.0 Å². The maximum absolute atomic E-state index is 13.8. The first-order valence-corrected chi connectivity index (χ1v) is 13.8. The average Bonchev–Trinajstić information content (AvgIpc) is 3.67. The number of nitrogens with one attached hydrogen (secondary N) is 3. The molecule has 4 atom stereocenters. The van der Waals surface area contributed by atoms with Crippen molar-refractivity contribution in [2.45, 2.75) is 71.2 Å². The van der Waals surface area contributed by atoms with Crippen LogP contribution in [0.2, 0.25) is 0 Å². The van der Waals surface area contributed by atoms with E-state index in [1.165, 1.54) is 4.90 Å². The standard InChI is InChI=1S/C29H35N7O5/c1-16(2)25-28(39)31-23(11-19-8-6-5-7-9-19)26(37)30-13-20-14-36(34-33-20)21-12-24(27(38)32-25)35(15-21)29(40)22-10-17(3)41-18(22)4/h5-10,14,16,21,23-25H,11-13,15H2,1-4H3,(H,30,37)(H,31,39)(H,32,38)/t21-,23+,24-,25-/m0/s1. The van der Waals surface area contributed by atoms with Gasteiger partial charge >= 0.3 is 0 Å². The molecule has 4 heterocycles. The van der Waals surface area contributed by atoms with Crippen LogP contribution in [0.25, 0.3) is 0 Å². The monoisotopic (exact) mass is 561 g/mol. The van der Waals surface area contributed by atoms with E-state index < -0.39 is 29.9 Å². The Hall–Kier alpha value is -4.48. The summed E-state index contributed by atoms with van der Waals surface area (Å²) >= 11 is 0. The number of aryl methyl sites for hydroxylation is 2. The highest BCUT2D eigenvalue weighted by molar-refractivity contribution is 6.00. The summed E-state index contributed by atoms with van der Waals surface area (Å²) < 4.78 is 7.21. The molecule has 3 N–H and O–H groups in total. The molecule has 1 aromatic carbocycles. The Morgan fingerprint density at radius 2 is 1.83 bits per heavy atom. The van der Waals surface area contributed by atoms with Crippen molar-refractivity contribution in [3.63, 3.8) is 0 Å². The first-order valence-electron chi connectivity index (χ1n) is 13.8. The van der Waals surface area contributed by atoms with Crippen molar-refractivity contribution in [3.05, 3.63) is 70.9 Å². The molecular formula is C29H35N7O5. The number of nitrogens with zero attached hydrogens (tertiary/aromatic N) is 4. The molecule has 41 heavy (non-hydrogen) atoms. The van der Waals surface area contributed by atoms with E-state index in [-0.39, 0.29) is 49.7 Å². The second kappa shape index (κ2) is 11.6. The SMILES string of the molecule is Cc1cc(C(=O)N2C[C@@H]3C[C@H]2C(=O)N[C@@H](C(C)C)C(=O)N[C@H](Cc2ccccc2)C(=O)NCc2cn3nn2)c(C)o1. The van der Waals surface area contributed by atoms with Gasteiger partial charge < -0.3 is 25.3 Å². The van der Waals surface area contributed by atoms with Gasteiger partial charge in [0, 0.05) is 19.4 Å². The fourth-order valence-electron chi connectivity index (χ4n) is 5.46. The number of fused-ring (bicyclic) bond motifs is 5. The Morgan fingerprint density at radius 3 is 2.51 bits per heavy atom. The maximum atomic E-state index is 13.8. The van der Waals surface area contributed by atoms with Crippen LogP contribution in [-0.2, 0) is 27.3 Å². The van der Waals surface area contributed by atoms with Crippen molar-refractivity contribution in [1.29, 1.82) is 0 Å². The summed E-state index contributed by atoms with van der Waals surface area (Å²) in [5.74, 6) is -0.841. The van der Waals surface area contributed by atoms with E-state index >= 15 is 0 Å². The minimum atomic E-state index is -0.926. The molecule has 0 radical (unpaired) electrons. The van der Waals surface area contributed by atoms with E-state index in [2.05, 4.69) is 26.3 Å². The molecule has 216 valence electrons. The van der Waals surface area contributed by atoms with E-state index in [9.17, 15) is 19.2 Å². The summed E-state index contributed by atoms with van der Waals surface area (Å²) in [7, 11) is 0. The van der Waals surface area contributed by atoms with E-state index in [0.717, 1.165) is 5.56 Å². The highest BCUT2D eigenvalue weighted by Gasteiger charge is 2.43. The fraction of sp³-hybridized carbons (Fsp3) is 0.448.